The Morgan fingerprint density at radius 2 is 0.766 bits per heavy atom. The molecule has 0 saturated carbocycles. The molecule has 5 aromatic carbocycles. The molecule has 0 amide bonds. The van der Waals surface area contributed by atoms with E-state index in [9.17, 15) is 61.5 Å². The fraction of sp³-hybridized carbons (Fsp3) is 0.458. The highest BCUT2D eigenvalue weighted by Crippen LogP contribution is 2.52. The van der Waals surface area contributed by atoms with Crippen LogP contribution >= 0.6 is 0 Å². The van der Waals surface area contributed by atoms with Crippen LogP contribution < -0.4 is 0 Å². The molecule has 346 valence electrons. The molecule has 0 aliphatic heterocycles. The van der Waals surface area contributed by atoms with Crippen LogP contribution in [0.3, 0.4) is 0 Å². The summed E-state index contributed by atoms with van der Waals surface area (Å²) < 4.78 is 194. The van der Waals surface area contributed by atoms with Crippen molar-refractivity contribution in [1.29, 1.82) is 0 Å². The van der Waals surface area contributed by atoms with Crippen molar-refractivity contribution in [2.24, 2.45) is 0 Å². The van der Waals surface area contributed by atoms with Crippen molar-refractivity contribution in [3.05, 3.63) is 83.9 Å². The Hall–Kier alpha value is -4.29. The Morgan fingerprint density at radius 3 is 1.14 bits per heavy atom. The first-order chi connectivity index (χ1) is 29.2. The molecule has 0 saturated heterocycles. The smallest absolute Gasteiger partial charge is 0.200 e. The second-order valence-corrected chi connectivity index (χ2v) is 28.4. The zero-order valence-corrected chi connectivity index (χ0v) is 38.4. The van der Waals surface area contributed by atoms with Crippen molar-refractivity contribution in [2.75, 3.05) is 0 Å². The summed E-state index contributed by atoms with van der Waals surface area (Å²) in [6.45, 7) is 13.2. The molecule has 0 aliphatic carbocycles. The Bertz CT molecular complexity index is 2630. The molecule has 0 spiro atoms. The van der Waals surface area contributed by atoms with Crippen molar-refractivity contribution in [3.8, 4) is 22.9 Å². The number of hydrogen-bond donors (Lipinski definition) is 0. The predicted molar refractivity (Wildman–Crippen MR) is 233 cm³/mol. The molecular weight excluding hydrogens is 899 g/mol. The van der Waals surface area contributed by atoms with Gasteiger partial charge in [-0.05, 0) is 126 Å². The Kier molecular flexibility index (Phi) is 13.9. The first-order valence-corrected chi connectivity index (χ1v) is 25.5. The number of fused-ring (bicyclic) bond motifs is 4. The molecule has 5 aromatic rings. The highest BCUT2D eigenvalue weighted by Gasteiger charge is 2.73. The van der Waals surface area contributed by atoms with Gasteiger partial charge in [0.1, 0.15) is 16.1 Å². The highest BCUT2D eigenvalue weighted by atomic mass is 28.3. The summed E-state index contributed by atoms with van der Waals surface area (Å²) in [7, 11) is -7.00. The molecule has 16 heteroatoms. The van der Waals surface area contributed by atoms with Crippen LogP contribution in [0, 0.1) is 22.9 Å². The van der Waals surface area contributed by atoms with Gasteiger partial charge in [0.25, 0.3) is 0 Å². The standard InChI is InChI=1S/C48H48F14Si2/c1-29(2)63(30(3)4,19-15-43(49,50)45(53,54)47(57,58)59)17-13-33-21-36(14-18-64(31(5)6,32(7)8)20-16-44(51,52)46(55,56)48(60,61)62)42-28-40-26-38-24-35-12-10-9-11-34(35)23-37(38)25-39(40)27-41(42)22-33/h9-12,21-32H,15-16,19-20H2,1-8H3. The van der Waals surface area contributed by atoms with Gasteiger partial charge >= 0.3 is 36.0 Å². The largest absolute Gasteiger partial charge is 0.459 e. The monoisotopic (exact) mass is 946 g/mol. The van der Waals surface area contributed by atoms with Crippen LogP contribution in [0.5, 0.6) is 0 Å². The van der Waals surface area contributed by atoms with Crippen LogP contribution in [0.2, 0.25) is 34.3 Å². The van der Waals surface area contributed by atoms with E-state index in [-0.39, 0.29) is 11.1 Å². The average molecular weight is 947 g/mol. The summed E-state index contributed by atoms with van der Waals surface area (Å²) in [5.74, 6) is -17.3. The Morgan fingerprint density at radius 1 is 0.422 bits per heavy atom. The first kappa shape index (κ1) is 50.7. The third-order valence-corrected chi connectivity index (χ3v) is 24.6. The van der Waals surface area contributed by atoms with Gasteiger partial charge in [-0.15, -0.1) is 11.1 Å². The van der Waals surface area contributed by atoms with E-state index in [0.29, 0.717) is 10.8 Å². The summed E-state index contributed by atoms with van der Waals surface area (Å²) >= 11 is 0. The molecule has 0 unspecified atom stereocenters. The normalized spacial score (nSPS) is 14.0. The molecule has 0 bridgehead atoms. The summed E-state index contributed by atoms with van der Waals surface area (Å²) in [4.78, 5) is 0. The van der Waals surface area contributed by atoms with Crippen LogP contribution in [-0.2, 0) is 0 Å². The molecule has 0 radical (unpaired) electrons. The van der Waals surface area contributed by atoms with Crippen LogP contribution in [0.4, 0.5) is 61.5 Å². The summed E-state index contributed by atoms with van der Waals surface area (Å²) in [5, 5.41) is 6.45. The average Bonchev–Trinajstić information content (AvgIpc) is 3.17. The highest BCUT2D eigenvalue weighted by molar-refractivity contribution is 6.90. The Labute approximate surface area is 365 Å². The molecule has 64 heavy (non-hydrogen) atoms. The molecule has 0 heterocycles. The molecule has 0 N–H and O–H groups in total. The van der Waals surface area contributed by atoms with Crippen LogP contribution in [0.15, 0.2) is 72.8 Å². The lowest BCUT2D eigenvalue weighted by Gasteiger charge is -2.37. The van der Waals surface area contributed by atoms with Gasteiger partial charge < -0.3 is 0 Å². The van der Waals surface area contributed by atoms with Crippen molar-refractivity contribution >= 4 is 59.2 Å². The molecule has 0 aliphatic rings. The zero-order valence-electron chi connectivity index (χ0n) is 36.4. The maximum atomic E-state index is 14.8. The molecule has 0 nitrogen and oxygen atoms in total. The van der Waals surface area contributed by atoms with E-state index in [2.05, 4.69) is 22.9 Å². The SMILES string of the molecule is CC(C)[Si](C#Cc1cc(C#C[Si](CCC(F)(F)C(F)(F)C(F)(F)F)(C(C)C)C(C)C)c2cc3cc4cc5ccccc5cc4cc3cc2c1)(CCC(F)(F)C(F)(F)C(F)(F)F)C(C)C. The van der Waals surface area contributed by atoms with E-state index < -0.39 is 99.3 Å². The van der Waals surface area contributed by atoms with Crippen molar-refractivity contribution in [1.82, 2.24) is 0 Å². The number of benzene rings is 5. The van der Waals surface area contributed by atoms with E-state index in [0.717, 1.165) is 32.3 Å². The fourth-order valence-corrected chi connectivity index (χ4v) is 17.3. The lowest BCUT2D eigenvalue weighted by molar-refractivity contribution is -0.355. The number of hydrogen-bond acceptors (Lipinski definition) is 0. The van der Waals surface area contributed by atoms with E-state index in [4.69, 9.17) is 0 Å². The van der Waals surface area contributed by atoms with Crippen molar-refractivity contribution < 1.29 is 61.5 Å². The summed E-state index contributed by atoms with van der Waals surface area (Å²) in [5.41, 5.74) is 4.79. The lowest BCUT2D eigenvalue weighted by atomic mass is 9.95. The first-order valence-electron chi connectivity index (χ1n) is 20.8. The second kappa shape index (κ2) is 17.5. The number of halogens is 14. The van der Waals surface area contributed by atoms with Crippen LogP contribution in [0.1, 0.15) is 79.4 Å². The Balaban J connectivity index is 1.75. The minimum Gasteiger partial charge on any atom is -0.200 e. The second-order valence-electron chi connectivity index (χ2n) is 18.1. The molecular formula is C48H48F14Si2. The van der Waals surface area contributed by atoms with E-state index >= 15 is 0 Å². The van der Waals surface area contributed by atoms with E-state index in [1.807, 2.05) is 60.7 Å². The van der Waals surface area contributed by atoms with Crippen molar-refractivity contribution in [3.63, 3.8) is 0 Å². The minimum absolute atomic E-state index is 0.256. The molecule has 0 atom stereocenters. The van der Waals surface area contributed by atoms with Gasteiger partial charge in [0.15, 0.2) is 0 Å². The molecule has 5 rings (SSSR count). The summed E-state index contributed by atoms with van der Waals surface area (Å²) in [6.07, 6.45) is -16.5. The number of alkyl halides is 14. The lowest BCUT2D eigenvalue weighted by Crippen LogP contribution is -2.53. The van der Waals surface area contributed by atoms with Crippen LogP contribution in [0.25, 0.3) is 43.1 Å². The third kappa shape index (κ3) is 9.38. The maximum absolute atomic E-state index is 14.8. The van der Waals surface area contributed by atoms with Gasteiger partial charge in [0.05, 0.1) is 0 Å². The van der Waals surface area contributed by atoms with Gasteiger partial charge in [-0.2, -0.15) is 61.5 Å². The topological polar surface area (TPSA) is 0 Å². The quantitative estimate of drug-likeness (QED) is 0.0506. The number of rotatable bonds is 12. The predicted octanol–water partition coefficient (Wildman–Crippen LogP) is 17.1. The van der Waals surface area contributed by atoms with Gasteiger partial charge in [-0.3, -0.25) is 0 Å². The van der Waals surface area contributed by atoms with Crippen molar-refractivity contribution in [2.45, 2.75) is 139 Å². The van der Waals surface area contributed by atoms with Gasteiger partial charge in [-0.1, -0.05) is 91.5 Å². The molecule has 0 aromatic heterocycles. The van der Waals surface area contributed by atoms with E-state index in [1.165, 1.54) is 0 Å². The van der Waals surface area contributed by atoms with Gasteiger partial charge in [0.2, 0.25) is 0 Å². The summed E-state index contributed by atoms with van der Waals surface area (Å²) in [6, 6.07) is 21.3. The van der Waals surface area contributed by atoms with Gasteiger partial charge in [-0.25, -0.2) is 0 Å². The maximum Gasteiger partial charge on any atom is 0.459 e. The van der Waals surface area contributed by atoms with Crippen LogP contribution in [-0.4, -0.2) is 52.2 Å². The zero-order chi connectivity index (χ0) is 48.2. The molecule has 0 fully saturated rings. The van der Waals surface area contributed by atoms with E-state index in [1.54, 1.807) is 67.5 Å². The third-order valence-electron chi connectivity index (χ3n) is 13.1. The van der Waals surface area contributed by atoms with Gasteiger partial charge in [0, 0.05) is 24.0 Å². The minimum atomic E-state index is -6.50. The fourth-order valence-electron chi connectivity index (χ4n) is 8.75.